The molecule has 1 saturated heterocycles. The zero-order valence-corrected chi connectivity index (χ0v) is 10.6. The van der Waals surface area contributed by atoms with E-state index < -0.39 is 5.97 Å². The molecule has 94 valence electrons. The van der Waals surface area contributed by atoms with Gasteiger partial charge in [-0.2, -0.15) is 0 Å². The molecular weight excluding hydrogens is 240 g/mol. The fraction of sp³-hybridized carbons (Fsp3) is 0.583. The number of thiophene rings is 1. The molecule has 1 fully saturated rings. The summed E-state index contributed by atoms with van der Waals surface area (Å²) in [6, 6.07) is 1.78. The molecule has 2 heterocycles. The summed E-state index contributed by atoms with van der Waals surface area (Å²) in [6.07, 6.45) is 3.30. The van der Waals surface area contributed by atoms with E-state index in [-0.39, 0.29) is 11.0 Å². The lowest BCUT2D eigenvalue weighted by atomic mass is 10.2. The maximum atomic E-state index is 11.0. The maximum absolute atomic E-state index is 11.0. The van der Waals surface area contributed by atoms with E-state index in [0.717, 1.165) is 30.7 Å². The van der Waals surface area contributed by atoms with Gasteiger partial charge in [-0.05, 0) is 25.8 Å². The second-order valence-corrected chi connectivity index (χ2v) is 5.38. The maximum Gasteiger partial charge on any atom is 0.349 e. The van der Waals surface area contributed by atoms with Crippen molar-refractivity contribution in [1.82, 2.24) is 0 Å². The summed E-state index contributed by atoms with van der Waals surface area (Å²) in [7, 11) is 0. The lowest BCUT2D eigenvalue weighted by Gasteiger charge is -2.10. The summed E-state index contributed by atoms with van der Waals surface area (Å²) in [4.78, 5) is 12.2. The molecule has 1 aliphatic heterocycles. The fourth-order valence-electron chi connectivity index (χ4n) is 1.92. The van der Waals surface area contributed by atoms with Gasteiger partial charge >= 0.3 is 5.97 Å². The van der Waals surface area contributed by atoms with Crippen molar-refractivity contribution in [2.24, 2.45) is 0 Å². The Hall–Kier alpha value is -1.07. The van der Waals surface area contributed by atoms with Gasteiger partial charge in [-0.3, -0.25) is 0 Å². The Balaban J connectivity index is 1.87. The average molecular weight is 256 g/mol. The minimum absolute atomic E-state index is 0.281. The molecule has 0 amide bonds. The summed E-state index contributed by atoms with van der Waals surface area (Å²) < 4.78 is 11.0. The van der Waals surface area contributed by atoms with E-state index in [2.05, 4.69) is 0 Å². The monoisotopic (exact) mass is 256 g/mol. The van der Waals surface area contributed by atoms with E-state index >= 15 is 0 Å². The van der Waals surface area contributed by atoms with Crippen LogP contribution in [0.25, 0.3) is 0 Å². The highest BCUT2D eigenvalue weighted by Gasteiger charge is 2.18. The van der Waals surface area contributed by atoms with E-state index in [1.807, 2.05) is 6.92 Å². The van der Waals surface area contributed by atoms with Crippen molar-refractivity contribution in [2.75, 3.05) is 13.2 Å². The van der Waals surface area contributed by atoms with Gasteiger partial charge in [0, 0.05) is 17.9 Å². The Morgan fingerprint density at radius 3 is 3.18 bits per heavy atom. The number of hydrogen-bond acceptors (Lipinski definition) is 4. The summed E-state index contributed by atoms with van der Waals surface area (Å²) in [5, 5.41) is 9.00. The Kier molecular flexibility index (Phi) is 4.02. The normalized spacial score (nSPS) is 19.5. The molecule has 1 unspecified atom stereocenters. The largest absolute Gasteiger partial charge is 0.492 e. The van der Waals surface area contributed by atoms with E-state index in [0.29, 0.717) is 12.4 Å². The summed E-state index contributed by atoms with van der Waals surface area (Å²) in [5.74, 6) is -0.437. The minimum atomic E-state index is -0.921. The molecular formula is C12H16O4S. The van der Waals surface area contributed by atoms with Crippen molar-refractivity contribution in [3.63, 3.8) is 0 Å². The highest BCUT2D eigenvalue weighted by Crippen LogP contribution is 2.29. The van der Waals surface area contributed by atoms with E-state index in [4.69, 9.17) is 14.6 Å². The molecule has 0 saturated carbocycles. The van der Waals surface area contributed by atoms with Crippen LogP contribution in [0.4, 0.5) is 0 Å². The molecule has 1 aromatic heterocycles. The van der Waals surface area contributed by atoms with Crippen molar-refractivity contribution in [2.45, 2.75) is 32.3 Å². The zero-order valence-electron chi connectivity index (χ0n) is 9.77. The molecule has 0 spiro atoms. The van der Waals surface area contributed by atoms with Gasteiger partial charge in [-0.15, -0.1) is 11.3 Å². The van der Waals surface area contributed by atoms with Crippen LogP contribution in [0, 0.1) is 6.92 Å². The van der Waals surface area contributed by atoms with Gasteiger partial charge < -0.3 is 14.6 Å². The molecule has 0 aliphatic carbocycles. The third kappa shape index (κ3) is 3.20. The Labute approximate surface area is 104 Å². The van der Waals surface area contributed by atoms with Gasteiger partial charge in [-0.1, -0.05) is 0 Å². The quantitative estimate of drug-likeness (QED) is 0.880. The first kappa shape index (κ1) is 12.4. The average Bonchev–Trinajstić information content (AvgIpc) is 2.88. The Morgan fingerprint density at radius 2 is 2.53 bits per heavy atom. The van der Waals surface area contributed by atoms with Crippen molar-refractivity contribution >= 4 is 17.3 Å². The van der Waals surface area contributed by atoms with Gasteiger partial charge in [-0.25, -0.2) is 4.79 Å². The minimum Gasteiger partial charge on any atom is -0.492 e. The molecule has 0 radical (unpaired) electrons. The molecule has 0 aromatic carbocycles. The summed E-state index contributed by atoms with van der Waals surface area (Å²) in [6.45, 7) is 3.23. The predicted octanol–water partition coefficient (Wildman–Crippen LogP) is 2.70. The molecule has 1 aromatic rings. The molecule has 1 atom stereocenters. The number of carboxylic acids is 1. The second-order valence-electron chi connectivity index (χ2n) is 4.13. The number of carboxylic acid groups (broad SMARTS) is 1. The van der Waals surface area contributed by atoms with Crippen LogP contribution >= 0.6 is 11.3 Å². The third-order valence-electron chi connectivity index (χ3n) is 2.74. The van der Waals surface area contributed by atoms with Gasteiger partial charge in [0.25, 0.3) is 0 Å². The first-order valence-corrected chi connectivity index (χ1v) is 6.56. The van der Waals surface area contributed by atoms with Crippen LogP contribution in [0.3, 0.4) is 0 Å². The first-order valence-electron chi connectivity index (χ1n) is 5.75. The molecule has 5 heteroatoms. The smallest absolute Gasteiger partial charge is 0.349 e. The van der Waals surface area contributed by atoms with Crippen LogP contribution in [0.1, 0.15) is 33.8 Å². The summed E-state index contributed by atoms with van der Waals surface area (Å²) >= 11 is 1.25. The number of aryl methyl sites for hydroxylation is 1. The van der Waals surface area contributed by atoms with Crippen molar-refractivity contribution < 1.29 is 19.4 Å². The van der Waals surface area contributed by atoms with Crippen molar-refractivity contribution in [3.8, 4) is 5.75 Å². The first-order chi connectivity index (χ1) is 8.16. The van der Waals surface area contributed by atoms with Crippen LogP contribution < -0.4 is 4.74 Å². The molecule has 1 aliphatic rings. The van der Waals surface area contributed by atoms with Gasteiger partial charge in [0.15, 0.2) is 4.88 Å². The number of carbonyl (C=O) groups is 1. The second kappa shape index (κ2) is 5.51. The SMILES string of the molecule is Cc1cc(OCCC2CCCO2)c(C(=O)O)s1. The Morgan fingerprint density at radius 1 is 1.71 bits per heavy atom. The number of ether oxygens (including phenoxy) is 2. The lowest BCUT2D eigenvalue weighted by Crippen LogP contribution is -2.11. The van der Waals surface area contributed by atoms with Crippen molar-refractivity contribution in [3.05, 3.63) is 15.8 Å². The molecule has 1 N–H and O–H groups in total. The van der Waals surface area contributed by atoms with Crippen LogP contribution in [-0.4, -0.2) is 30.4 Å². The molecule has 4 nitrogen and oxygen atoms in total. The van der Waals surface area contributed by atoms with E-state index in [1.165, 1.54) is 11.3 Å². The number of aromatic carboxylic acids is 1. The summed E-state index contributed by atoms with van der Waals surface area (Å²) in [5.41, 5.74) is 0. The van der Waals surface area contributed by atoms with E-state index in [1.54, 1.807) is 6.07 Å². The van der Waals surface area contributed by atoms with Crippen LogP contribution in [0.15, 0.2) is 6.07 Å². The van der Waals surface area contributed by atoms with Crippen LogP contribution in [0.5, 0.6) is 5.75 Å². The van der Waals surface area contributed by atoms with Gasteiger partial charge in [0.05, 0.1) is 12.7 Å². The number of hydrogen-bond donors (Lipinski definition) is 1. The van der Waals surface area contributed by atoms with Crippen molar-refractivity contribution in [1.29, 1.82) is 0 Å². The number of rotatable bonds is 5. The molecule has 17 heavy (non-hydrogen) atoms. The predicted molar refractivity (Wildman–Crippen MR) is 65.1 cm³/mol. The van der Waals surface area contributed by atoms with E-state index in [9.17, 15) is 4.79 Å². The van der Waals surface area contributed by atoms with Crippen LogP contribution in [0.2, 0.25) is 0 Å². The van der Waals surface area contributed by atoms with Gasteiger partial charge in [0.2, 0.25) is 0 Å². The zero-order chi connectivity index (χ0) is 12.3. The van der Waals surface area contributed by atoms with Crippen LogP contribution in [-0.2, 0) is 4.74 Å². The lowest BCUT2D eigenvalue weighted by molar-refractivity contribution is 0.0695. The Bertz CT molecular complexity index is 393. The highest BCUT2D eigenvalue weighted by molar-refractivity contribution is 7.14. The fourth-order valence-corrected chi connectivity index (χ4v) is 2.71. The standard InChI is InChI=1S/C12H16O4S/c1-8-7-10(11(17-8)12(13)14)16-6-4-9-3-2-5-15-9/h7,9H,2-6H2,1H3,(H,13,14). The van der Waals surface area contributed by atoms with Gasteiger partial charge in [0.1, 0.15) is 5.75 Å². The molecule has 2 rings (SSSR count). The topological polar surface area (TPSA) is 55.8 Å². The molecule has 0 bridgehead atoms. The third-order valence-corrected chi connectivity index (χ3v) is 3.76. The highest BCUT2D eigenvalue weighted by atomic mass is 32.1.